The Morgan fingerprint density at radius 2 is 1.70 bits per heavy atom. The van der Waals surface area contributed by atoms with Gasteiger partial charge in [0.2, 0.25) is 0 Å². The van der Waals surface area contributed by atoms with Crippen LogP contribution in [-0.2, 0) is 4.74 Å². The van der Waals surface area contributed by atoms with Gasteiger partial charge in [-0.15, -0.1) is 0 Å². The minimum Gasteiger partial charge on any atom is -0.369 e. The molecule has 0 spiro atoms. The molecule has 0 aromatic rings. The highest BCUT2D eigenvalue weighted by Crippen LogP contribution is 2.46. The molecule has 1 fully saturated rings. The van der Waals surface area contributed by atoms with Gasteiger partial charge < -0.3 is 10.1 Å². The first-order valence-corrected chi connectivity index (χ1v) is 8.14. The monoisotopic (exact) mass is 284 g/mol. The summed E-state index contributed by atoms with van der Waals surface area (Å²) < 4.78 is 6.32. The quantitative estimate of drug-likeness (QED) is 0.810. The van der Waals surface area contributed by atoms with Crippen LogP contribution in [-0.4, -0.2) is 47.8 Å². The van der Waals surface area contributed by atoms with Gasteiger partial charge in [-0.05, 0) is 68.1 Å². The molecule has 1 rings (SSSR count). The average molecular weight is 284 g/mol. The lowest BCUT2D eigenvalue weighted by atomic mass is 9.73. The molecule has 0 aromatic heterocycles. The van der Waals surface area contributed by atoms with Crippen molar-refractivity contribution < 1.29 is 4.74 Å². The number of nitrogens with one attached hydrogen (secondary N) is 1. The zero-order valence-electron chi connectivity index (χ0n) is 15.1. The van der Waals surface area contributed by atoms with Crippen LogP contribution in [0, 0.1) is 5.92 Å². The van der Waals surface area contributed by atoms with Gasteiger partial charge in [0.1, 0.15) is 0 Å². The Morgan fingerprint density at radius 1 is 1.20 bits per heavy atom. The normalized spacial score (nSPS) is 27.0. The van der Waals surface area contributed by atoms with E-state index >= 15 is 0 Å². The molecule has 0 aromatic carbocycles. The number of nitrogens with zero attached hydrogens (tertiary/aromatic N) is 1. The van der Waals surface area contributed by atoms with Gasteiger partial charge in [0.15, 0.2) is 0 Å². The molecule has 1 aliphatic heterocycles. The van der Waals surface area contributed by atoms with E-state index in [4.69, 9.17) is 4.74 Å². The molecule has 0 radical (unpaired) electrons. The molecule has 2 atom stereocenters. The fraction of sp³-hybridized carbons (Fsp3) is 1.00. The van der Waals surface area contributed by atoms with Gasteiger partial charge in [-0.2, -0.15) is 0 Å². The van der Waals surface area contributed by atoms with Gasteiger partial charge in [-0.25, -0.2) is 0 Å². The van der Waals surface area contributed by atoms with Gasteiger partial charge in [0, 0.05) is 17.5 Å². The van der Waals surface area contributed by atoms with Crippen LogP contribution in [0.5, 0.6) is 0 Å². The lowest BCUT2D eigenvalue weighted by Gasteiger charge is -2.48. The molecule has 3 nitrogen and oxygen atoms in total. The second-order valence-corrected chi connectivity index (χ2v) is 7.87. The van der Waals surface area contributed by atoms with Crippen molar-refractivity contribution in [3.8, 4) is 0 Å². The number of hydrogen-bond acceptors (Lipinski definition) is 3. The Labute approximate surface area is 126 Å². The highest BCUT2D eigenvalue weighted by atomic mass is 16.5. The van der Waals surface area contributed by atoms with E-state index in [2.05, 4.69) is 72.7 Å². The van der Waals surface area contributed by atoms with Gasteiger partial charge in [-0.3, -0.25) is 4.90 Å². The minimum absolute atomic E-state index is 0.0252. The molecule has 0 bridgehead atoms. The smallest absolute Gasteiger partial charge is 0.0678 e. The van der Waals surface area contributed by atoms with Crippen molar-refractivity contribution in [2.75, 3.05) is 20.1 Å². The molecule has 2 unspecified atom stereocenters. The number of rotatable bonds is 6. The summed E-state index contributed by atoms with van der Waals surface area (Å²) in [6.07, 6.45) is 1.11. The molecular weight excluding hydrogens is 248 g/mol. The molecule has 0 amide bonds. The lowest BCUT2D eigenvalue weighted by Crippen LogP contribution is -2.62. The van der Waals surface area contributed by atoms with Crippen molar-refractivity contribution in [2.24, 2.45) is 5.92 Å². The summed E-state index contributed by atoms with van der Waals surface area (Å²) in [5.41, 5.74) is 0.00811. The van der Waals surface area contributed by atoms with Crippen LogP contribution in [0.1, 0.15) is 61.8 Å². The van der Waals surface area contributed by atoms with Crippen molar-refractivity contribution >= 4 is 0 Å². The molecule has 0 aliphatic carbocycles. The molecule has 1 aliphatic rings. The largest absolute Gasteiger partial charge is 0.369 e. The fourth-order valence-corrected chi connectivity index (χ4v) is 4.41. The first kappa shape index (κ1) is 17.9. The summed E-state index contributed by atoms with van der Waals surface area (Å²) in [4.78, 5) is 2.55. The maximum absolute atomic E-state index is 6.32. The summed E-state index contributed by atoms with van der Waals surface area (Å²) in [6.45, 7) is 20.3. The van der Waals surface area contributed by atoms with Gasteiger partial charge in [0.05, 0.1) is 11.2 Å². The average Bonchev–Trinajstić information content (AvgIpc) is 2.48. The third-order valence-corrected chi connectivity index (χ3v) is 5.20. The molecule has 1 saturated heterocycles. The van der Waals surface area contributed by atoms with Crippen LogP contribution in [0.4, 0.5) is 0 Å². The number of likely N-dealkylation sites (N-methyl/N-ethyl adjacent to an activating group) is 2. The Morgan fingerprint density at radius 3 is 2.00 bits per heavy atom. The summed E-state index contributed by atoms with van der Waals surface area (Å²) in [7, 11) is 2.09. The van der Waals surface area contributed by atoms with Crippen molar-refractivity contribution in [3.05, 3.63) is 0 Å². The summed E-state index contributed by atoms with van der Waals surface area (Å²) >= 11 is 0. The van der Waals surface area contributed by atoms with E-state index in [1.165, 1.54) is 0 Å². The van der Waals surface area contributed by atoms with E-state index in [9.17, 15) is 0 Å². The second kappa shape index (κ2) is 5.94. The molecule has 120 valence electrons. The number of hydrogen-bond donors (Lipinski definition) is 1. The van der Waals surface area contributed by atoms with E-state index in [1.807, 2.05) is 0 Å². The Bertz CT molecular complexity index is 319. The van der Waals surface area contributed by atoms with E-state index in [1.54, 1.807) is 0 Å². The number of ether oxygens (including phenoxy) is 1. The Kier molecular flexibility index (Phi) is 5.32. The van der Waals surface area contributed by atoms with Crippen LogP contribution < -0.4 is 5.32 Å². The third kappa shape index (κ3) is 3.37. The third-order valence-electron chi connectivity index (χ3n) is 5.20. The molecule has 0 saturated carbocycles. The second-order valence-electron chi connectivity index (χ2n) is 7.87. The van der Waals surface area contributed by atoms with Crippen LogP contribution in [0.2, 0.25) is 0 Å². The summed E-state index contributed by atoms with van der Waals surface area (Å²) in [6, 6.07) is 0.416. The minimum atomic E-state index is -0.0817. The summed E-state index contributed by atoms with van der Waals surface area (Å²) in [5, 5.41) is 3.61. The first-order valence-electron chi connectivity index (χ1n) is 8.14. The fourth-order valence-electron chi connectivity index (χ4n) is 4.41. The predicted molar refractivity (Wildman–Crippen MR) is 87.2 cm³/mol. The van der Waals surface area contributed by atoms with Crippen LogP contribution >= 0.6 is 0 Å². The van der Waals surface area contributed by atoms with Crippen molar-refractivity contribution in [1.82, 2.24) is 10.2 Å². The van der Waals surface area contributed by atoms with Crippen LogP contribution in [0.15, 0.2) is 0 Å². The topological polar surface area (TPSA) is 24.5 Å². The van der Waals surface area contributed by atoms with E-state index in [0.717, 1.165) is 19.5 Å². The zero-order chi connectivity index (χ0) is 15.8. The Balaban J connectivity index is 3.07. The van der Waals surface area contributed by atoms with Crippen molar-refractivity contribution in [3.63, 3.8) is 0 Å². The van der Waals surface area contributed by atoms with Gasteiger partial charge in [-0.1, -0.05) is 13.8 Å². The van der Waals surface area contributed by atoms with E-state index in [0.29, 0.717) is 12.0 Å². The molecule has 20 heavy (non-hydrogen) atoms. The predicted octanol–water partition coefficient (Wildman–Crippen LogP) is 3.29. The maximum atomic E-state index is 6.32. The Hall–Kier alpha value is -0.120. The van der Waals surface area contributed by atoms with Crippen molar-refractivity contribution in [2.45, 2.75) is 84.6 Å². The van der Waals surface area contributed by atoms with E-state index in [-0.39, 0.29) is 16.7 Å². The van der Waals surface area contributed by atoms with Crippen LogP contribution in [0.3, 0.4) is 0 Å². The molecular formula is C17H36N2O. The van der Waals surface area contributed by atoms with Crippen LogP contribution in [0.25, 0.3) is 0 Å². The van der Waals surface area contributed by atoms with E-state index < -0.39 is 0 Å². The SMILES string of the molecule is CCN(CC)C(C)(C)C(NC)C1CC(C)(C)OC1(C)C. The highest BCUT2D eigenvalue weighted by molar-refractivity contribution is 5.06. The zero-order valence-corrected chi connectivity index (χ0v) is 15.1. The maximum Gasteiger partial charge on any atom is 0.0678 e. The lowest BCUT2D eigenvalue weighted by molar-refractivity contribution is -0.0839. The molecule has 1 N–H and O–H groups in total. The molecule has 3 heteroatoms. The van der Waals surface area contributed by atoms with Gasteiger partial charge in [0.25, 0.3) is 0 Å². The standard InChI is InChI=1S/C17H36N2O/c1-10-19(11-2)16(5,6)14(18-9)13-12-15(3,4)20-17(13,7)8/h13-14,18H,10-12H2,1-9H3. The van der Waals surface area contributed by atoms with Gasteiger partial charge >= 0.3 is 0 Å². The summed E-state index contributed by atoms with van der Waals surface area (Å²) in [5.74, 6) is 0.512. The first-order chi connectivity index (χ1) is 9.01. The molecule has 1 heterocycles. The van der Waals surface area contributed by atoms with Crippen molar-refractivity contribution in [1.29, 1.82) is 0 Å². The highest BCUT2D eigenvalue weighted by Gasteiger charge is 2.52.